The molecule has 0 atom stereocenters. The number of aliphatic carboxylic acids is 1. The maximum Gasteiger partial charge on any atom is 0.312 e. The number of carboxylic acid groups (broad SMARTS) is 1. The van der Waals surface area contributed by atoms with E-state index in [9.17, 15) is 9.90 Å². The Morgan fingerprint density at radius 1 is 1.41 bits per heavy atom. The van der Waals surface area contributed by atoms with Gasteiger partial charge in [0.05, 0.1) is 0 Å². The second-order valence-corrected chi connectivity index (χ2v) is 3.52. The van der Waals surface area contributed by atoms with E-state index in [4.69, 9.17) is 9.63 Å². The van der Waals surface area contributed by atoms with E-state index in [-0.39, 0.29) is 18.1 Å². The largest absolute Gasteiger partial charge is 0.508 e. The normalized spacial score (nSPS) is 10.4. The molecule has 6 heteroatoms. The smallest absolute Gasteiger partial charge is 0.312 e. The molecule has 0 saturated carbocycles. The number of phenolic OH excluding ortho intramolecular Hbond substituents is 1. The molecule has 2 N–H and O–H groups in total. The summed E-state index contributed by atoms with van der Waals surface area (Å²) in [5, 5.41) is 21.5. The molecule has 1 aromatic carbocycles. The number of carbonyl (C=O) groups is 1. The molecule has 0 radical (unpaired) electrons. The summed E-state index contributed by atoms with van der Waals surface area (Å²) in [5.41, 5.74) is 0.827. The fourth-order valence-electron chi connectivity index (χ4n) is 1.41. The third-order valence-electron chi connectivity index (χ3n) is 2.09. The summed E-state index contributed by atoms with van der Waals surface area (Å²) in [5.74, 6) is -0.381. The van der Waals surface area contributed by atoms with Crippen LogP contribution in [0.25, 0.3) is 0 Å². The Morgan fingerprint density at radius 2 is 2.24 bits per heavy atom. The van der Waals surface area contributed by atoms with Gasteiger partial charge >= 0.3 is 5.97 Å². The van der Waals surface area contributed by atoms with Gasteiger partial charge in [-0.2, -0.15) is 4.98 Å². The zero-order valence-corrected chi connectivity index (χ0v) is 8.83. The van der Waals surface area contributed by atoms with Gasteiger partial charge in [0, 0.05) is 6.42 Å². The second-order valence-electron chi connectivity index (χ2n) is 3.52. The number of aromatic nitrogens is 2. The Kier molecular flexibility index (Phi) is 3.04. The molecule has 6 nitrogen and oxygen atoms in total. The van der Waals surface area contributed by atoms with Crippen LogP contribution in [0.5, 0.6) is 5.75 Å². The van der Waals surface area contributed by atoms with Gasteiger partial charge in [-0.05, 0) is 17.7 Å². The minimum absolute atomic E-state index is 0.0765. The third-order valence-corrected chi connectivity index (χ3v) is 2.09. The van der Waals surface area contributed by atoms with Crippen molar-refractivity contribution in [2.75, 3.05) is 0 Å². The Morgan fingerprint density at radius 3 is 2.94 bits per heavy atom. The SMILES string of the molecule is O=C(O)Cc1nc(Cc2cccc(O)c2)no1. The predicted octanol–water partition coefficient (Wildman–Crippen LogP) is 0.993. The van der Waals surface area contributed by atoms with Crippen molar-refractivity contribution < 1.29 is 19.5 Å². The van der Waals surface area contributed by atoms with E-state index in [1.165, 1.54) is 0 Å². The van der Waals surface area contributed by atoms with E-state index < -0.39 is 5.97 Å². The Bertz CT molecular complexity index is 536. The zero-order valence-electron chi connectivity index (χ0n) is 8.83. The molecule has 0 saturated heterocycles. The van der Waals surface area contributed by atoms with Gasteiger partial charge in [0.1, 0.15) is 12.2 Å². The van der Waals surface area contributed by atoms with Gasteiger partial charge in [-0.15, -0.1) is 0 Å². The number of benzene rings is 1. The maximum atomic E-state index is 10.4. The monoisotopic (exact) mass is 234 g/mol. The van der Waals surface area contributed by atoms with E-state index in [2.05, 4.69) is 10.1 Å². The molecule has 0 amide bonds. The van der Waals surface area contributed by atoms with Crippen LogP contribution in [0.1, 0.15) is 17.3 Å². The average molecular weight is 234 g/mol. The lowest BCUT2D eigenvalue weighted by Gasteiger charge is -1.96. The van der Waals surface area contributed by atoms with Gasteiger partial charge in [0.25, 0.3) is 0 Å². The highest BCUT2D eigenvalue weighted by molar-refractivity contribution is 5.68. The van der Waals surface area contributed by atoms with Crippen molar-refractivity contribution in [2.24, 2.45) is 0 Å². The summed E-state index contributed by atoms with van der Waals surface area (Å²) in [7, 11) is 0. The Balaban J connectivity index is 2.08. The predicted molar refractivity (Wildman–Crippen MR) is 56.6 cm³/mol. The molecule has 0 aliphatic carbocycles. The lowest BCUT2D eigenvalue weighted by molar-refractivity contribution is -0.136. The van der Waals surface area contributed by atoms with Crippen molar-refractivity contribution in [1.82, 2.24) is 10.1 Å². The second kappa shape index (κ2) is 4.65. The lowest BCUT2D eigenvalue weighted by atomic mass is 10.1. The number of aromatic hydroxyl groups is 1. The summed E-state index contributed by atoms with van der Waals surface area (Å²) in [6, 6.07) is 6.68. The molecular formula is C11H10N2O4. The molecule has 0 fully saturated rings. The molecule has 1 aromatic heterocycles. The molecular weight excluding hydrogens is 224 g/mol. The van der Waals surface area contributed by atoms with Crippen molar-refractivity contribution in [3.8, 4) is 5.75 Å². The Hall–Kier alpha value is -2.37. The maximum absolute atomic E-state index is 10.4. The molecule has 0 aliphatic heterocycles. The van der Waals surface area contributed by atoms with Crippen LogP contribution in [0.4, 0.5) is 0 Å². The van der Waals surface area contributed by atoms with Crippen LogP contribution in [0.2, 0.25) is 0 Å². The lowest BCUT2D eigenvalue weighted by Crippen LogP contribution is -2.00. The first-order valence-electron chi connectivity index (χ1n) is 4.94. The van der Waals surface area contributed by atoms with Crippen LogP contribution in [-0.2, 0) is 17.6 Å². The van der Waals surface area contributed by atoms with Crippen molar-refractivity contribution >= 4 is 5.97 Å². The molecule has 88 valence electrons. The number of carboxylic acids is 1. The number of rotatable bonds is 4. The molecule has 0 unspecified atom stereocenters. The molecule has 17 heavy (non-hydrogen) atoms. The number of phenols is 1. The van der Waals surface area contributed by atoms with Crippen molar-refractivity contribution in [2.45, 2.75) is 12.8 Å². The quantitative estimate of drug-likeness (QED) is 0.818. The standard InChI is InChI=1S/C11H10N2O4/c14-8-3-1-2-7(4-8)5-9-12-10(17-13-9)6-11(15)16/h1-4,14H,5-6H2,(H,15,16). The van der Waals surface area contributed by atoms with Gasteiger partial charge in [0.2, 0.25) is 5.89 Å². The molecule has 2 rings (SSSR count). The van der Waals surface area contributed by atoms with Crippen LogP contribution < -0.4 is 0 Å². The Labute approximate surface area is 96.5 Å². The van der Waals surface area contributed by atoms with E-state index >= 15 is 0 Å². The van der Waals surface area contributed by atoms with Crippen LogP contribution >= 0.6 is 0 Å². The molecule has 0 bridgehead atoms. The first-order valence-corrected chi connectivity index (χ1v) is 4.94. The van der Waals surface area contributed by atoms with Crippen molar-refractivity contribution in [3.05, 3.63) is 41.5 Å². The zero-order chi connectivity index (χ0) is 12.3. The molecule has 1 heterocycles. The van der Waals surface area contributed by atoms with Crippen LogP contribution in [0.3, 0.4) is 0 Å². The van der Waals surface area contributed by atoms with Gasteiger partial charge in [-0.25, -0.2) is 0 Å². The molecule has 2 aromatic rings. The highest BCUT2D eigenvalue weighted by Crippen LogP contribution is 2.13. The third kappa shape index (κ3) is 3.04. The van der Waals surface area contributed by atoms with Gasteiger partial charge in [-0.1, -0.05) is 17.3 Å². The fraction of sp³-hybridized carbons (Fsp3) is 0.182. The summed E-state index contributed by atoms with van der Waals surface area (Å²) < 4.78 is 4.77. The highest BCUT2D eigenvalue weighted by atomic mass is 16.5. The van der Waals surface area contributed by atoms with Gasteiger partial charge < -0.3 is 14.7 Å². The molecule has 0 spiro atoms. The fourth-order valence-corrected chi connectivity index (χ4v) is 1.41. The number of hydrogen-bond donors (Lipinski definition) is 2. The molecule has 0 aliphatic rings. The first kappa shape index (κ1) is 11.1. The minimum Gasteiger partial charge on any atom is -0.508 e. The summed E-state index contributed by atoms with van der Waals surface area (Å²) in [6.07, 6.45) is 0.102. The number of hydrogen-bond acceptors (Lipinski definition) is 5. The van der Waals surface area contributed by atoms with Gasteiger partial charge in [-0.3, -0.25) is 4.79 Å². The van der Waals surface area contributed by atoms with Crippen molar-refractivity contribution in [1.29, 1.82) is 0 Å². The summed E-state index contributed by atoms with van der Waals surface area (Å²) in [4.78, 5) is 14.4. The summed E-state index contributed by atoms with van der Waals surface area (Å²) in [6.45, 7) is 0. The van der Waals surface area contributed by atoms with Crippen molar-refractivity contribution in [3.63, 3.8) is 0 Å². The van der Waals surface area contributed by atoms with Crippen LogP contribution in [0.15, 0.2) is 28.8 Å². The van der Waals surface area contributed by atoms with Gasteiger partial charge in [0.15, 0.2) is 5.82 Å². The highest BCUT2D eigenvalue weighted by Gasteiger charge is 2.10. The average Bonchev–Trinajstić information content (AvgIpc) is 2.64. The van der Waals surface area contributed by atoms with E-state index in [1.807, 2.05) is 6.07 Å². The summed E-state index contributed by atoms with van der Waals surface area (Å²) >= 11 is 0. The van der Waals surface area contributed by atoms with E-state index in [0.29, 0.717) is 12.2 Å². The van der Waals surface area contributed by atoms with E-state index in [1.54, 1.807) is 18.2 Å². The van der Waals surface area contributed by atoms with E-state index in [0.717, 1.165) is 5.56 Å². The first-order chi connectivity index (χ1) is 8.13. The van der Waals surface area contributed by atoms with Crippen LogP contribution in [0, 0.1) is 0 Å². The number of nitrogens with zero attached hydrogens (tertiary/aromatic N) is 2. The minimum atomic E-state index is -1.02. The van der Waals surface area contributed by atoms with Crippen LogP contribution in [-0.4, -0.2) is 26.3 Å². The topological polar surface area (TPSA) is 96.5 Å².